The van der Waals surface area contributed by atoms with Crippen LogP contribution >= 0.6 is 0 Å². The second kappa shape index (κ2) is 4.60. The Kier molecular flexibility index (Phi) is 3.18. The summed E-state index contributed by atoms with van der Waals surface area (Å²) >= 11 is 0. The molecule has 0 aromatic heterocycles. The standard InChI is InChI=1S/C14H15FO/c1-10-2-4-11(5-3-10)8-12-9-13(15)6-7-14(12)16/h2-5,8,13H,6-7,9H2,1H3. The van der Waals surface area contributed by atoms with E-state index < -0.39 is 6.17 Å². The summed E-state index contributed by atoms with van der Waals surface area (Å²) in [6.07, 6.45) is 1.96. The third-order valence-electron chi connectivity index (χ3n) is 2.90. The number of benzene rings is 1. The molecule has 1 aliphatic rings. The summed E-state index contributed by atoms with van der Waals surface area (Å²) in [4.78, 5) is 11.6. The quantitative estimate of drug-likeness (QED) is 0.660. The number of rotatable bonds is 1. The third kappa shape index (κ3) is 2.57. The minimum Gasteiger partial charge on any atom is -0.295 e. The van der Waals surface area contributed by atoms with Gasteiger partial charge in [0.2, 0.25) is 0 Å². The molecule has 0 aliphatic heterocycles. The summed E-state index contributed by atoms with van der Waals surface area (Å²) < 4.78 is 13.2. The summed E-state index contributed by atoms with van der Waals surface area (Å²) in [5.41, 5.74) is 2.78. The van der Waals surface area contributed by atoms with Gasteiger partial charge < -0.3 is 0 Å². The minimum absolute atomic E-state index is 0.0921. The first-order valence-corrected chi connectivity index (χ1v) is 5.59. The highest BCUT2D eigenvalue weighted by molar-refractivity contribution is 6.00. The van der Waals surface area contributed by atoms with Crippen molar-refractivity contribution in [3.63, 3.8) is 0 Å². The van der Waals surface area contributed by atoms with Crippen LogP contribution in [-0.4, -0.2) is 12.0 Å². The van der Waals surface area contributed by atoms with Crippen molar-refractivity contribution in [1.29, 1.82) is 0 Å². The monoisotopic (exact) mass is 218 g/mol. The first-order chi connectivity index (χ1) is 7.65. The molecule has 1 aromatic rings. The first kappa shape index (κ1) is 11.1. The minimum atomic E-state index is -0.852. The highest BCUT2D eigenvalue weighted by Gasteiger charge is 2.22. The van der Waals surface area contributed by atoms with Crippen LogP contribution in [0.5, 0.6) is 0 Å². The summed E-state index contributed by atoms with van der Waals surface area (Å²) in [7, 11) is 0. The third-order valence-corrected chi connectivity index (χ3v) is 2.90. The second-order valence-electron chi connectivity index (χ2n) is 4.34. The van der Waals surface area contributed by atoms with Gasteiger partial charge >= 0.3 is 0 Å². The Morgan fingerprint density at radius 3 is 2.69 bits per heavy atom. The molecule has 0 heterocycles. The zero-order chi connectivity index (χ0) is 11.5. The molecule has 0 N–H and O–H groups in total. The fraction of sp³-hybridized carbons (Fsp3) is 0.357. The van der Waals surface area contributed by atoms with Gasteiger partial charge in [-0.3, -0.25) is 4.79 Å². The van der Waals surface area contributed by atoms with Crippen LogP contribution in [0.25, 0.3) is 6.08 Å². The second-order valence-corrected chi connectivity index (χ2v) is 4.34. The SMILES string of the molecule is Cc1ccc(C=C2CC(F)CCC2=O)cc1. The van der Waals surface area contributed by atoms with Crippen molar-refractivity contribution in [3.8, 4) is 0 Å². The lowest BCUT2D eigenvalue weighted by Crippen LogP contribution is -2.17. The van der Waals surface area contributed by atoms with Gasteiger partial charge in [-0.1, -0.05) is 29.8 Å². The van der Waals surface area contributed by atoms with Gasteiger partial charge in [-0.05, 0) is 30.6 Å². The number of halogens is 1. The molecule has 1 atom stereocenters. The summed E-state index contributed by atoms with van der Waals surface area (Å²) in [5, 5.41) is 0. The molecule has 2 heteroatoms. The normalized spacial score (nSPS) is 23.8. The Labute approximate surface area is 95.0 Å². The predicted octanol–water partition coefficient (Wildman–Crippen LogP) is 3.47. The van der Waals surface area contributed by atoms with Gasteiger partial charge in [0.15, 0.2) is 5.78 Å². The van der Waals surface area contributed by atoms with E-state index >= 15 is 0 Å². The molecule has 16 heavy (non-hydrogen) atoms. The number of hydrogen-bond acceptors (Lipinski definition) is 1. The van der Waals surface area contributed by atoms with Crippen molar-refractivity contribution in [3.05, 3.63) is 41.0 Å². The molecule has 0 radical (unpaired) electrons. The maximum Gasteiger partial charge on any atom is 0.159 e. The van der Waals surface area contributed by atoms with Gasteiger partial charge in [0, 0.05) is 12.8 Å². The Morgan fingerprint density at radius 2 is 2.00 bits per heavy atom. The molecule has 1 saturated carbocycles. The lowest BCUT2D eigenvalue weighted by molar-refractivity contribution is -0.117. The van der Waals surface area contributed by atoms with Crippen LogP contribution in [0.4, 0.5) is 4.39 Å². The van der Waals surface area contributed by atoms with Gasteiger partial charge in [-0.25, -0.2) is 4.39 Å². The largest absolute Gasteiger partial charge is 0.295 e. The lowest BCUT2D eigenvalue weighted by Gasteiger charge is -2.16. The molecule has 0 bridgehead atoms. The van der Waals surface area contributed by atoms with Crippen LogP contribution in [0.1, 0.15) is 30.4 Å². The van der Waals surface area contributed by atoms with Crippen LogP contribution < -0.4 is 0 Å². The number of carbonyl (C=O) groups is 1. The molecule has 1 aromatic carbocycles. The predicted molar refractivity (Wildman–Crippen MR) is 62.9 cm³/mol. The molecule has 2 rings (SSSR count). The molecule has 1 nitrogen and oxygen atoms in total. The highest BCUT2D eigenvalue weighted by atomic mass is 19.1. The van der Waals surface area contributed by atoms with E-state index in [0.717, 1.165) is 5.56 Å². The molecule has 0 amide bonds. The van der Waals surface area contributed by atoms with Crippen LogP contribution in [0.2, 0.25) is 0 Å². The van der Waals surface area contributed by atoms with E-state index in [9.17, 15) is 9.18 Å². The van der Waals surface area contributed by atoms with E-state index in [0.29, 0.717) is 18.4 Å². The average molecular weight is 218 g/mol. The Hall–Kier alpha value is -1.44. The maximum absolute atomic E-state index is 13.2. The number of Topliss-reactive ketones (excluding diaryl/α,β-unsaturated/α-hetero) is 1. The van der Waals surface area contributed by atoms with Crippen LogP contribution in [0.3, 0.4) is 0 Å². The summed E-state index contributed by atoms with van der Waals surface area (Å²) in [5.74, 6) is 0.0921. The maximum atomic E-state index is 13.2. The van der Waals surface area contributed by atoms with E-state index in [2.05, 4.69) is 0 Å². The van der Waals surface area contributed by atoms with Gasteiger partial charge in [0.05, 0.1) is 0 Å². The number of carbonyl (C=O) groups excluding carboxylic acids is 1. The zero-order valence-electron chi connectivity index (χ0n) is 9.37. The van der Waals surface area contributed by atoms with Crippen molar-refractivity contribution >= 4 is 11.9 Å². The Bertz CT molecular complexity index is 417. The molecular weight excluding hydrogens is 203 g/mol. The molecule has 84 valence electrons. The topological polar surface area (TPSA) is 17.1 Å². The zero-order valence-corrected chi connectivity index (χ0v) is 9.37. The molecular formula is C14H15FO. The molecule has 1 fully saturated rings. The van der Waals surface area contributed by atoms with Crippen LogP contribution in [0, 0.1) is 6.92 Å². The number of aryl methyl sites for hydroxylation is 1. The van der Waals surface area contributed by atoms with Crippen LogP contribution in [-0.2, 0) is 4.79 Å². The van der Waals surface area contributed by atoms with Gasteiger partial charge in [0.25, 0.3) is 0 Å². The highest BCUT2D eigenvalue weighted by Crippen LogP contribution is 2.24. The smallest absolute Gasteiger partial charge is 0.159 e. The molecule has 0 saturated heterocycles. The summed E-state index contributed by atoms with van der Waals surface area (Å²) in [6, 6.07) is 7.90. The van der Waals surface area contributed by atoms with Crippen molar-refractivity contribution in [2.45, 2.75) is 32.4 Å². The van der Waals surface area contributed by atoms with Crippen molar-refractivity contribution in [2.24, 2.45) is 0 Å². The number of hydrogen-bond donors (Lipinski definition) is 0. The van der Waals surface area contributed by atoms with Gasteiger partial charge in [0.1, 0.15) is 6.17 Å². The Morgan fingerprint density at radius 1 is 1.31 bits per heavy atom. The fourth-order valence-corrected chi connectivity index (χ4v) is 1.91. The van der Waals surface area contributed by atoms with E-state index in [1.54, 1.807) is 0 Å². The molecule has 0 spiro atoms. The summed E-state index contributed by atoms with van der Waals surface area (Å²) in [6.45, 7) is 2.01. The van der Waals surface area contributed by atoms with Crippen molar-refractivity contribution < 1.29 is 9.18 Å². The van der Waals surface area contributed by atoms with E-state index in [-0.39, 0.29) is 12.2 Å². The fourth-order valence-electron chi connectivity index (χ4n) is 1.91. The molecule has 1 aliphatic carbocycles. The van der Waals surface area contributed by atoms with Gasteiger partial charge in [-0.2, -0.15) is 0 Å². The van der Waals surface area contributed by atoms with E-state index in [1.165, 1.54) is 5.56 Å². The van der Waals surface area contributed by atoms with Crippen LogP contribution in [0.15, 0.2) is 29.8 Å². The Balaban J connectivity index is 2.22. The van der Waals surface area contributed by atoms with Crippen molar-refractivity contribution in [2.75, 3.05) is 0 Å². The molecule has 1 unspecified atom stereocenters. The number of alkyl halides is 1. The van der Waals surface area contributed by atoms with E-state index in [4.69, 9.17) is 0 Å². The number of allylic oxidation sites excluding steroid dienone is 1. The van der Waals surface area contributed by atoms with E-state index in [1.807, 2.05) is 37.3 Å². The first-order valence-electron chi connectivity index (χ1n) is 5.59. The van der Waals surface area contributed by atoms with Gasteiger partial charge in [-0.15, -0.1) is 0 Å². The average Bonchev–Trinajstić information content (AvgIpc) is 2.27. The number of ketones is 1. The van der Waals surface area contributed by atoms with Crippen molar-refractivity contribution in [1.82, 2.24) is 0 Å². The lowest BCUT2D eigenvalue weighted by atomic mass is 9.91.